The standard InChI is InChI=1S/C11H11NO2.CH4O4S/c1-7-9-6-11(14-2)10(13)5-8(9)3-4-12-7;1-5-6(2,3)4/h3-6,13H,1-2H3;1H3,(H,2,3,4). The molecule has 0 spiro atoms. The number of phenols is 1. The summed E-state index contributed by atoms with van der Waals surface area (Å²) in [6.45, 7) is 1.93. The van der Waals surface area contributed by atoms with Crippen molar-refractivity contribution in [2.45, 2.75) is 6.92 Å². The van der Waals surface area contributed by atoms with Crippen molar-refractivity contribution in [3.63, 3.8) is 0 Å². The summed E-state index contributed by atoms with van der Waals surface area (Å²) in [7, 11) is -1.76. The maximum atomic E-state index is 9.55. The third kappa shape index (κ3) is 4.34. The molecule has 0 amide bonds. The van der Waals surface area contributed by atoms with E-state index in [-0.39, 0.29) is 5.75 Å². The summed E-state index contributed by atoms with van der Waals surface area (Å²) in [5.74, 6) is 0.638. The SMILES string of the molecule is COS(=O)(=O)O.COc1cc2c(C)nccc2cc1O. The van der Waals surface area contributed by atoms with Gasteiger partial charge in [0, 0.05) is 17.3 Å². The van der Waals surface area contributed by atoms with E-state index in [1.54, 1.807) is 18.3 Å². The second-order valence-corrected chi connectivity index (χ2v) is 4.92. The minimum atomic E-state index is -4.16. The molecule has 20 heavy (non-hydrogen) atoms. The van der Waals surface area contributed by atoms with Crippen molar-refractivity contribution in [1.29, 1.82) is 0 Å². The van der Waals surface area contributed by atoms with E-state index in [0.29, 0.717) is 5.75 Å². The first-order valence-corrected chi connectivity index (χ1v) is 6.80. The molecule has 7 nitrogen and oxygen atoms in total. The monoisotopic (exact) mass is 301 g/mol. The Kier molecular flexibility index (Phi) is 5.26. The van der Waals surface area contributed by atoms with Crippen LogP contribution in [-0.2, 0) is 14.6 Å². The lowest BCUT2D eigenvalue weighted by Gasteiger charge is -2.06. The van der Waals surface area contributed by atoms with Crippen LogP contribution in [0.3, 0.4) is 0 Å². The number of phenolic OH excluding ortho intramolecular Hbond substituents is 1. The average Bonchev–Trinajstić information content (AvgIpc) is 2.38. The summed E-state index contributed by atoms with van der Waals surface area (Å²) in [5, 5.41) is 11.5. The number of hydrogen-bond donors (Lipinski definition) is 2. The molecule has 1 heterocycles. The van der Waals surface area contributed by atoms with E-state index < -0.39 is 10.4 Å². The number of aromatic nitrogens is 1. The van der Waals surface area contributed by atoms with Crippen LogP contribution in [0.25, 0.3) is 10.8 Å². The van der Waals surface area contributed by atoms with Crippen LogP contribution in [0.1, 0.15) is 5.69 Å². The van der Waals surface area contributed by atoms with Crippen LogP contribution >= 0.6 is 0 Å². The van der Waals surface area contributed by atoms with Crippen LogP contribution in [0.4, 0.5) is 0 Å². The van der Waals surface area contributed by atoms with E-state index >= 15 is 0 Å². The molecule has 1 aromatic heterocycles. The average molecular weight is 301 g/mol. The lowest BCUT2D eigenvalue weighted by Crippen LogP contribution is -1.96. The fourth-order valence-electron chi connectivity index (χ4n) is 1.50. The number of fused-ring (bicyclic) bond motifs is 1. The van der Waals surface area contributed by atoms with Gasteiger partial charge in [-0.2, -0.15) is 8.42 Å². The maximum Gasteiger partial charge on any atom is 0.397 e. The highest BCUT2D eigenvalue weighted by Gasteiger charge is 2.05. The van der Waals surface area contributed by atoms with Gasteiger partial charge < -0.3 is 9.84 Å². The molecule has 0 saturated carbocycles. The van der Waals surface area contributed by atoms with Gasteiger partial charge >= 0.3 is 10.4 Å². The fourth-order valence-corrected chi connectivity index (χ4v) is 1.50. The summed E-state index contributed by atoms with van der Waals surface area (Å²) in [6, 6.07) is 5.34. The van der Waals surface area contributed by atoms with Gasteiger partial charge in [-0.3, -0.25) is 13.7 Å². The van der Waals surface area contributed by atoms with Gasteiger partial charge in [0.25, 0.3) is 0 Å². The maximum absolute atomic E-state index is 9.55. The summed E-state index contributed by atoms with van der Waals surface area (Å²) in [4.78, 5) is 4.18. The molecule has 0 unspecified atom stereocenters. The molecule has 1 aromatic carbocycles. The van der Waals surface area contributed by atoms with Crippen LogP contribution in [0.2, 0.25) is 0 Å². The van der Waals surface area contributed by atoms with Gasteiger partial charge in [-0.25, -0.2) is 0 Å². The number of methoxy groups -OCH3 is 1. The highest BCUT2D eigenvalue weighted by Crippen LogP contribution is 2.31. The van der Waals surface area contributed by atoms with E-state index in [9.17, 15) is 13.5 Å². The van der Waals surface area contributed by atoms with Crippen molar-refractivity contribution in [3.8, 4) is 11.5 Å². The van der Waals surface area contributed by atoms with Crippen LogP contribution in [-0.4, -0.2) is 37.3 Å². The first-order valence-electron chi connectivity index (χ1n) is 5.44. The molecule has 110 valence electrons. The molecule has 0 saturated heterocycles. The van der Waals surface area contributed by atoms with E-state index in [0.717, 1.165) is 23.6 Å². The molecule has 2 N–H and O–H groups in total. The Balaban J connectivity index is 0.000000286. The predicted molar refractivity (Wildman–Crippen MR) is 73.3 cm³/mol. The molecule has 0 aliphatic carbocycles. The van der Waals surface area contributed by atoms with E-state index in [1.165, 1.54) is 7.11 Å². The Morgan fingerprint density at radius 3 is 2.35 bits per heavy atom. The molecule has 0 atom stereocenters. The molecule has 0 aliphatic rings. The Labute approximate surface area is 116 Å². The third-order valence-corrected chi connectivity index (χ3v) is 2.89. The van der Waals surface area contributed by atoms with Crippen LogP contribution in [0, 0.1) is 6.92 Å². The van der Waals surface area contributed by atoms with Gasteiger partial charge in [-0.1, -0.05) is 0 Å². The minimum Gasteiger partial charge on any atom is -0.504 e. The molecule has 0 fully saturated rings. The Morgan fingerprint density at radius 1 is 1.25 bits per heavy atom. The zero-order valence-electron chi connectivity index (χ0n) is 11.2. The Hall–Kier alpha value is -1.90. The number of ether oxygens (including phenoxy) is 1. The zero-order valence-corrected chi connectivity index (χ0v) is 12.0. The lowest BCUT2D eigenvalue weighted by molar-refractivity contribution is 0.324. The second-order valence-electron chi connectivity index (χ2n) is 3.74. The lowest BCUT2D eigenvalue weighted by atomic mass is 10.1. The topological polar surface area (TPSA) is 106 Å². The number of aryl methyl sites for hydroxylation is 1. The number of hydrogen-bond acceptors (Lipinski definition) is 6. The zero-order chi connectivity index (χ0) is 15.3. The van der Waals surface area contributed by atoms with Gasteiger partial charge in [0.1, 0.15) is 0 Å². The van der Waals surface area contributed by atoms with Crippen LogP contribution in [0.5, 0.6) is 11.5 Å². The number of pyridine rings is 1. The fraction of sp³-hybridized carbons (Fsp3) is 0.250. The summed E-state index contributed by atoms with van der Waals surface area (Å²) < 4.78 is 34.7. The van der Waals surface area contributed by atoms with Crippen molar-refractivity contribution in [2.24, 2.45) is 0 Å². The number of benzene rings is 1. The molecular weight excluding hydrogens is 286 g/mol. The van der Waals surface area contributed by atoms with Crippen molar-refractivity contribution in [2.75, 3.05) is 14.2 Å². The van der Waals surface area contributed by atoms with Crippen LogP contribution in [0.15, 0.2) is 24.4 Å². The molecule has 0 bridgehead atoms. The van der Waals surface area contributed by atoms with Crippen LogP contribution < -0.4 is 4.74 Å². The quantitative estimate of drug-likeness (QED) is 0.813. The van der Waals surface area contributed by atoms with Gasteiger partial charge in [-0.05, 0) is 30.5 Å². The van der Waals surface area contributed by atoms with Gasteiger partial charge in [0.2, 0.25) is 0 Å². The Morgan fingerprint density at radius 2 is 1.85 bits per heavy atom. The molecule has 0 aliphatic heterocycles. The smallest absolute Gasteiger partial charge is 0.397 e. The van der Waals surface area contributed by atoms with Gasteiger partial charge in [0.05, 0.1) is 14.2 Å². The molecule has 8 heteroatoms. The van der Waals surface area contributed by atoms with Crippen molar-refractivity contribution >= 4 is 21.2 Å². The highest BCUT2D eigenvalue weighted by atomic mass is 32.3. The summed E-state index contributed by atoms with van der Waals surface area (Å²) in [6.07, 6.45) is 1.73. The molecule has 0 radical (unpaired) electrons. The van der Waals surface area contributed by atoms with E-state index in [4.69, 9.17) is 9.29 Å². The van der Waals surface area contributed by atoms with Crippen molar-refractivity contribution < 1.29 is 27.0 Å². The molecule has 2 rings (SSSR count). The molecular formula is C12H15NO6S. The highest BCUT2D eigenvalue weighted by molar-refractivity contribution is 7.80. The third-order valence-electron chi connectivity index (χ3n) is 2.47. The number of nitrogens with zero attached hydrogens (tertiary/aromatic N) is 1. The van der Waals surface area contributed by atoms with Gasteiger partial charge in [0.15, 0.2) is 11.5 Å². The Bertz CT molecular complexity index is 698. The first-order chi connectivity index (χ1) is 9.28. The van der Waals surface area contributed by atoms with E-state index in [1.807, 2.05) is 13.0 Å². The molecule has 2 aromatic rings. The number of rotatable bonds is 2. The summed E-state index contributed by atoms with van der Waals surface area (Å²) >= 11 is 0. The first kappa shape index (κ1) is 16.2. The number of aromatic hydroxyl groups is 1. The van der Waals surface area contributed by atoms with Crippen molar-refractivity contribution in [3.05, 3.63) is 30.1 Å². The minimum absolute atomic E-state index is 0.158. The largest absolute Gasteiger partial charge is 0.504 e. The predicted octanol–water partition coefficient (Wildman–Crippen LogP) is 1.69. The van der Waals surface area contributed by atoms with Gasteiger partial charge in [-0.15, -0.1) is 0 Å². The summed E-state index contributed by atoms with van der Waals surface area (Å²) in [5.41, 5.74) is 0.931. The van der Waals surface area contributed by atoms with Crippen molar-refractivity contribution in [1.82, 2.24) is 4.98 Å². The second kappa shape index (κ2) is 6.51. The van der Waals surface area contributed by atoms with E-state index in [2.05, 4.69) is 9.17 Å². The normalized spacial score (nSPS) is 10.8.